The number of alkyl halides is 1. The fourth-order valence-electron chi connectivity index (χ4n) is 5.75. The summed E-state index contributed by atoms with van der Waals surface area (Å²) in [4.78, 5) is 14.3. The Balaban J connectivity index is 1.27. The lowest BCUT2D eigenvalue weighted by atomic mass is 9.73. The number of benzene rings is 3. The molecule has 1 saturated carbocycles. The van der Waals surface area contributed by atoms with Crippen molar-refractivity contribution in [3.05, 3.63) is 84.4 Å². The third-order valence-corrected chi connectivity index (χ3v) is 8.50. The van der Waals surface area contributed by atoms with Gasteiger partial charge in [-0.15, -0.1) is 11.6 Å². The summed E-state index contributed by atoms with van der Waals surface area (Å²) < 4.78 is 12.3. The van der Waals surface area contributed by atoms with Crippen LogP contribution in [-0.4, -0.2) is 19.3 Å². The molecule has 0 N–H and O–H groups in total. The molecule has 1 aliphatic carbocycles. The molecule has 1 aliphatic rings. The first kappa shape index (κ1) is 32.0. The molecule has 6 heteroatoms. The van der Waals surface area contributed by atoms with Crippen molar-refractivity contribution in [3.8, 4) is 17.2 Å². The van der Waals surface area contributed by atoms with Gasteiger partial charge in [-0.05, 0) is 59.9 Å². The molecule has 4 nitrogen and oxygen atoms in total. The summed E-state index contributed by atoms with van der Waals surface area (Å²) in [6.07, 6.45) is 19.2. The SMILES string of the molecule is O=C(CCl)N(Cc1ccccc1)c1ccc(Oc2ccc(OBC3CCCCCCCCCCCCCC3)cc2)cc1. The largest absolute Gasteiger partial charge is 0.564 e. The van der Waals surface area contributed by atoms with Crippen LogP contribution < -0.4 is 14.3 Å². The molecule has 4 rings (SSSR count). The van der Waals surface area contributed by atoms with E-state index in [-0.39, 0.29) is 11.8 Å². The van der Waals surface area contributed by atoms with E-state index in [1.807, 2.05) is 78.9 Å². The Hall–Kier alpha value is -2.92. The average Bonchev–Trinajstić information content (AvgIpc) is 3.04. The maximum absolute atomic E-state index is 12.6. The molecule has 0 radical (unpaired) electrons. The second kappa shape index (κ2) is 18.6. The van der Waals surface area contributed by atoms with Crippen molar-refractivity contribution in [3.63, 3.8) is 0 Å². The summed E-state index contributed by atoms with van der Waals surface area (Å²) >= 11 is 5.91. The molecule has 0 aromatic heterocycles. The van der Waals surface area contributed by atoms with Gasteiger partial charge in [0.15, 0.2) is 0 Å². The lowest BCUT2D eigenvalue weighted by Gasteiger charge is -2.22. The molecule has 0 heterocycles. The predicted octanol–water partition coefficient (Wildman–Crippen LogP) is 10.2. The third-order valence-electron chi connectivity index (χ3n) is 8.27. The fraction of sp³-hybridized carbons (Fsp3) is 0.472. The molecule has 3 aromatic rings. The van der Waals surface area contributed by atoms with E-state index in [0.29, 0.717) is 18.1 Å². The van der Waals surface area contributed by atoms with Gasteiger partial charge in [-0.1, -0.05) is 120 Å². The Morgan fingerprint density at radius 2 is 1.14 bits per heavy atom. The van der Waals surface area contributed by atoms with Crippen LogP contribution in [-0.2, 0) is 11.3 Å². The van der Waals surface area contributed by atoms with Gasteiger partial charge in [0.1, 0.15) is 17.4 Å². The summed E-state index contributed by atoms with van der Waals surface area (Å²) in [5.74, 6) is 2.78. The molecule has 1 amide bonds. The molecule has 0 unspecified atom stereocenters. The number of hydrogen-bond donors (Lipinski definition) is 0. The van der Waals surface area contributed by atoms with E-state index in [9.17, 15) is 4.79 Å². The maximum Gasteiger partial charge on any atom is 0.343 e. The van der Waals surface area contributed by atoms with Gasteiger partial charge in [0.2, 0.25) is 5.91 Å². The number of ether oxygens (including phenoxy) is 1. The van der Waals surface area contributed by atoms with Crippen LogP contribution in [0, 0.1) is 0 Å². The molecule has 0 spiro atoms. The van der Waals surface area contributed by atoms with Gasteiger partial charge in [0.25, 0.3) is 0 Å². The molecule has 1 fully saturated rings. The molecular weight excluding hydrogens is 541 g/mol. The van der Waals surface area contributed by atoms with Crippen molar-refractivity contribution in [2.24, 2.45) is 0 Å². The van der Waals surface area contributed by atoms with Crippen molar-refractivity contribution in [1.82, 2.24) is 0 Å². The topological polar surface area (TPSA) is 38.8 Å². The molecule has 42 heavy (non-hydrogen) atoms. The molecule has 3 aromatic carbocycles. The van der Waals surface area contributed by atoms with Gasteiger partial charge in [0, 0.05) is 5.69 Å². The molecular formula is C36H47BClNO3. The van der Waals surface area contributed by atoms with E-state index in [4.69, 9.17) is 21.0 Å². The zero-order chi connectivity index (χ0) is 29.2. The van der Waals surface area contributed by atoms with Gasteiger partial charge in [-0.25, -0.2) is 0 Å². The Morgan fingerprint density at radius 1 is 0.667 bits per heavy atom. The maximum atomic E-state index is 12.6. The third kappa shape index (κ3) is 11.4. The Bertz CT molecular complexity index is 1140. The van der Waals surface area contributed by atoms with Gasteiger partial charge in [0.05, 0.1) is 12.3 Å². The standard InChI is InChI=1S/C36H47BClNO3/c38-28-36(40)39(29-30-16-12-11-13-17-30)32-20-22-33(23-21-32)41-34-24-26-35(27-25-34)42-37-31-18-14-9-7-5-3-1-2-4-6-8-10-15-19-31/h11-13,16-17,20-27,31,37H,1-10,14-15,18-19,28-29H2. The highest BCUT2D eigenvalue weighted by molar-refractivity contribution is 6.30. The molecule has 0 bridgehead atoms. The first-order valence-corrected chi connectivity index (χ1v) is 16.7. The van der Waals surface area contributed by atoms with E-state index < -0.39 is 0 Å². The normalized spacial score (nSPS) is 16.0. The van der Waals surface area contributed by atoms with E-state index in [2.05, 4.69) is 0 Å². The van der Waals surface area contributed by atoms with Crippen LogP contribution in [0.1, 0.15) is 95.5 Å². The smallest absolute Gasteiger partial charge is 0.343 e. The fourth-order valence-corrected chi connectivity index (χ4v) is 5.90. The number of nitrogens with zero attached hydrogens (tertiary/aromatic N) is 1. The number of rotatable bonds is 9. The number of carbonyl (C=O) groups is 1. The van der Waals surface area contributed by atoms with Crippen molar-refractivity contribution < 1.29 is 14.2 Å². The van der Waals surface area contributed by atoms with Crippen LogP contribution in [0.25, 0.3) is 0 Å². The quantitative estimate of drug-likeness (QED) is 0.185. The summed E-state index contributed by atoms with van der Waals surface area (Å²) in [5, 5.41) is 0. The van der Waals surface area contributed by atoms with Gasteiger partial charge in [-0.3, -0.25) is 4.79 Å². The van der Waals surface area contributed by atoms with E-state index in [1.54, 1.807) is 4.90 Å². The number of halogens is 1. The van der Waals surface area contributed by atoms with E-state index in [1.165, 1.54) is 89.9 Å². The molecule has 0 atom stereocenters. The lowest BCUT2D eigenvalue weighted by molar-refractivity contribution is -0.116. The van der Waals surface area contributed by atoms with Crippen LogP contribution in [0.15, 0.2) is 78.9 Å². The average molecular weight is 588 g/mol. The van der Waals surface area contributed by atoms with Crippen molar-refractivity contribution in [2.75, 3.05) is 10.8 Å². The second-order valence-corrected chi connectivity index (χ2v) is 11.9. The summed E-state index contributed by atoms with van der Waals surface area (Å²) in [6, 6.07) is 25.4. The Kier molecular flexibility index (Phi) is 14.2. The second-order valence-electron chi connectivity index (χ2n) is 11.7. The first-order valence-electron chi connectivity index (χ1n) is 16.1. The number of anilines is 1. The first-order chi connectivity index (χ1) is 20.7. The molecule has 224 valence electrons. The van der Waals surface area contributed by atoms with Crippen LogP contribution in [0.5, 0.6) is 17.2 Å². The highest BCUT2D eigenvalue weighted by Crippen LogP contribution is 2.29. The Labute approximate surface area is 259 Å². The van der Waals surface area contributed by atoms with Gasteiger partial charge >= 0.3 is 7.48 Å². The minimum atomic E-state index is -0.137. The van der Waals surface area contributed by atoms with Crippen LogP contribution in [0.3, 0.4) is 0 Å². The highest BCUT2D eigenvalue weighted by Gasteiger charge is 2.16. The highest BCUT2D eigenvalue weighted by atomic mass is 35.5. The summed E-state index contributed by atoms with van der Waals surface area (Å²) in [7, 11) is 0.794. The zero-order valence-electron chi connectivity index (χ0n) is 25.2. The predicted molar refractivity (Wildman–Crippen MR) is 177 cm³/mol. The molecule has 0 aliphatic heterocycles. The van der Waals surface area contributed by atoms with Crippen LogP contribution in [0.2, 0.25) is 5.82 Å². The minimum absolute atomic E-state index is 0.0692. The lowest BCUT2D eigenvalue weighted by Crippen LogP contribution is -2.31. The van der Waals surface area contributed by atoms with Crippen LogP contribution >= 0.6 is 11.6 Å². The van der Waals surface area contributed by atoms with Gasteiger partial charge in [-0.2, -0.15) is 0 Å². The van der Waals surface area contributed by atoms with E-state index in [0.717, 1.165) is 30.2 Å². The number of hydrogen-bond acceptors (Lipinski definition) is 3. The monoisotopic (exact) mass is 587 g/mol. The van der Waals surface area contributed by atoms with E-state index >= 15 is 0 Å². The van der Waals surface area contributed by atoms with Gasteiger partial charge < -0.3 is 14.3 Å². The summed E-state index contributed by atoms with van der Waals surface area (Å²) in [6.45, 7) is 0.467. The van der Waals surface area contributed by atoms with Crippen LogP contribution in [0.4, 0.5) is 5.69 Å². The number of amides is 1. The van der Waals surface area contributed by atoms with Crippen molar-refractivity contribution in [1.29, 1.82) is 0 Å². The minimum Gasteiger partial charge on any atom is -0.564 e. The zero-order valence-corrected chi connectivity index (χ0v) is 25.9. The Morgan fingerprint density at radius 3 is 1.67 bits per heavy atom. The van der Waals surface area contributed by atoms with Crippen molar-refractivity contribution in [2.45, 2.75) is 102 Å². The molecule has 0 saturated heterocycles. The number of carbonyl (C=O) groups excluding carboxylic acids is 1. The van der Waals surface area contributed by atoms with Crippen molar-refractivity contribution >= 4 is 30.7 Å². The summed E-state index contributed by atoms with van der Waals surface area (Å²) in [5.41, 5.74) is 1.83.